The Labute approximate surface area is 460 Å². The summed E-state index contributed by atoms with van der Waals surface area (Å²) in [5, 5.41) is 37.2. The lowest BCUT2D eigenvalue weighted by atomic mass is 9.83. The van der Waals surface area contributed by atoms with E-state index in [4.69, 9.17) is 34.4 Å². The molecule has 3 atom stereocenters. The van der Waals surface area contributed by atoms with Crippen molar-refractivity contribution in [1.29, 1.82) is 0 Å². The molecular formula is C61H73N9O9. The Morgan fingerprint density at radius 1 is 0.354 bits per heavy atom. The molecule has 6 aromatic carbocycles. The highest BCUT2D eigenvalue weighted by atomic mass is 16.3. The zero-order chi connectivity index (χ0) is 57.2. The highest BCUT2D eigenvalue weighted by Gasteiger charge is 2.44. The summed E-state index contributed by atoms with van der Waals surface area (Å²) in [6, 6.07) is 39.7. The highest BCUT2D eigenvalue weighted by molar-refractivity contribution is 6.22. The van der Waals surface area contributed by atoms with E-state index in [-0.39, 0.29) is 55.8 Å². The number of Topliss-reactive ketones (excluding diaryl/α,β-unsaturated/α-hetero) is 3. The zero-order valence-corrected chi connectivity index (χ0v) is 44.3. The van der Waals surface area contributed by atoms with Crippen molar-refractivity contribution in [2.24, 2.45) is 34.4 Å². The van der Waals surface area contributed by atoms with Crippen LogP contribution < -0.4 is 50.4 Å². The normalized spacial score (nSPS) is 13.6. The molecule has 0 aliphatic rings. The lowest BCUT2D eigenvalue weighted by molar-refractivity contribution is -0.120. The molecule has 0 aliphatic carbocycles. The van der Waals surface area contributed by atoms with Gasteiger partial charge in [-0.25, -0.2) is 0 Å². The summed E-state index contributed by atoms with van der Waals surface area (Å²) in [6.45, 7) is 0.366. The molecule has 0 aliphatic heterocycles. The van der Waals surface area contributed by atoms with E-state index in [1.165, 1.54) is 36.4 Å². The van der Waals surface area contributed by atoms with E-state index in [0.29, 0.717) is 91.9 Å². The number of hydrogen-bond donors (Lipinski definition) is 12. The minimum Gasteiger partial charge on any atom is -0.392 e. The number of anilines is 3. The van der Waals surface area contributed by atoms with Gasteiger partial charge in [-0.1, -0.05) is 109 Å². The van der Waals surface area contributed by atoms with E-state index >= 15 is 0 Å². The maximum absolute atomic E-state index is 14.1. The predicted molar refractivity (Wildman–Crippen MR) is 306 cm³/mol. The number of hydrogen-bond acceptors (Lipinski definition) is 15. The van der Waals surface area contributed by atoms with Crippen LogP contribution in [0.1, 0.15) is 128 Å². The van der Waals surface area contributed by atoms with Crippen LogP contribution in [0, 0.1) is 0 Å². The van der Waals surface area contributed by atoms with Gasteiger partial charge in [0.25, 0.3) is 17.7 Å². The number of aliphatic hydroxyl groups excluding tert-OH is 3. The number of benzene rings is 6. The van der Waals surface area contributed by atoms with Crippen molar-refractivity contribution in [2.45, 2.75) is 100 Å². The van der Waals surface area contributed by atoms with Gasteiger partial charge in [0.2, 0.25) is 0 Å². The van der Waals surface area contributed by atoms with Crippen LogP contribution in [0.15, 0.2) is 146 Å². The Bertz CT molecular complexity index is 2690. The minimum atomic E-state index is -1.95. The Morgan fingerprint density at radius 3 is 0.785 bits per heavy atom. The molecule has 0 unspecified atom stereocenters. The number of amides is 3. The third-order valence-electron chi connectivity index (χ3n) is 14.2. The first-order chi connectivity index (χ1) is 38.0. The van der Waals surface area contributed by atoms with Gasteiger partial charge in [-0.15, -0.1) is 0 Å². The second-order valence-electron chi connectivity index (χ2n) is 19.9. The van der Waals surface area contributed by atoms with Gasteiger partial charge in [0.1, 0.15) is 0 Å². The van der Waals surface area contributed by atoms with Crippen molar-refractivity contribution in [3.63, 3.8) is 0 Å². The molecule has 6 aromatic rings. The average Bonchev–Trinajstić information content (AvgIpc) is 3.50. The lowest BCUT2D eigenvalue weighted by Gasteiger charge is -2.28. The van der Waals surface area contributed by atoms with Gasteiger partial charge in [0.15, 0.2) is 34.0 Å². The Hall–Kier alpha value is -7.62. The van der Waals surface area contributed by atoms with Crippen molar-refractivity contribution in [3.8, 4) is 0 Å². The first kappa shape index (κ1) is 60.6. The topological polar surface area (TPSA) is 355 Å². The maximum atomic E-state index is 14.1. The molecule has 18 N–H and O–H groups in total. The summed E-state index contributed by atoms with van der Waals surface area (Å²) in [5.74, 6) is -4.44. The van der Waals surface area contributed by atoms with Crippen LogP contribution in [0.25, 0.3) is 0 Å². The van der Waals surface area contributed by atoms with E-state index in [1.54, 1.807) is 109 Å². The van der Waals surface area contributed by atoms with Crippen LogP contribution in [0.2, 0.25) is 0 Å². The van der Waals surface area contributed by atoms with Crippen molar-refractivity contribution in [1.82, 2.24) is 0 Å². The lowest BCUT2D eigenvalue weighted by Crippen LogP contribution is -2.57. The average molecular weight is 1080 g/mol. The molecule has 0 radical (unpaired) electrons. The smallest absolute Gasteiger partial charge is 0.252 e. The maximum Gasteiger partial charge on any atom is 0.252 e. The molecule has 18 nitrogen and oxygen atoms in total. The molecule has 3 amide bonds. The van der Waals surface area contributed by atoms with Crippen molar-refractivity contribution < 1.29 is 44.1 Å². The highest BCUT2D eigenvalue weighted by Crippen LogP contribution is 2.35. The van der Waals surface area contributed by atoms with E-state index in [1.807, 2.05) is 0 Å². The largest absolute Gasteiger partial charge is 0.392 e. The molecule has 0 saturated heterocycles. The molecule has 0 heterocycles. The number of carbonyl (C=O) groups excluding carboxylic acids is 6. The van der Waals surface area contributed by atoms with Crippen molar-refractivity contribution >= 4 is 52.1 Å². The quantitative estimate of drug-likeness (QED) is 0.0118. The van der Waals surface area contributed by atoms with Crippen molar-refractivity contribution in [2.75, 3.05) is 35.6 Å². The first-order valence-corrected chi connectivity index (χ1v) is 26.4. The van der Waals surface area contributed by atoms with Crippen molar-refractivity contribution in [3.05, 3.63) is 196 Å². The summed E-state index contributed by atoms with van der Waals surface area (Å²) in [4.78, 5) is 84.1. The number of nitrogens with one attached hydrogen (secondary N) is 3. The molecule has 79 heavy (non-hydrogen) atoms. The summed E-state index contributed by atoms with van der Waals surface area (Å²) in [5.41, 5.74) is 37.3. The number of unbranched alkanes of at least 4 members (excludes halogenated alkanes) is 3. The predicted octanol–water partition coefficient (Wildman–Crippen LogP) is 5.29. The molecule has 0 spiro atoms. The number of ketones is 3. The molecule has 0 bridgehead atoms. The van der Waals surface area contributed by atoms with Gasteiger partial charge in [-0.3, -0.25) is 28.8 Å². The van der Waals surface area contributed by atoms with Crippen LogP contribution >= 0.6 is 0 Å². The fraction of sp³-hybridized carbons (Fsp3) is 0.311. The number of rotatable bonds is 30. The van der Waals surface area contributed by atoms with Crippen LogP contribution in [0.4, 0.5) is 17.1 Å². The van der Waals surface area contributed by atoms with Gasteiger partial charge in [-0.05, 0) is 147 Å². The third-order valence-corrected chi connectivity index (χ3v) is 14.2. The zero-order valence-electron chi connectivity index (χ0n) is 44.3. The molecule has 0 aromatic heterocycles. The second-order valence-corrected chi connectivity index (χ2v) is 19.9. The second kappa shape index (κ2) is 28.3. The SMILES string of the molecule is NCCCC[C@@](N)(C(=O)Nc1ccc(C(c2ccc(NC(=O)[C@](N)(CCCCN)C(=O)c3ccc(CO)cc3)cc2)c2ccc(NC(=O)[C@](N)(CCCCN)C(=O)c3ccc(CO)cc3)cc2)cc1)C(=O)c1ccc(CO)cc1. The fourth-order valence-electron chi connectivity index (χ4n) is 9.27. The molecule has 0 fully saturated rings. The summed E-state index contributed by atoms with van der Waals surface area (Å²) in [6.07, 6.45) is 2.91. The number of aliphatic hydroxyl groups is 3. The fourth-order valence-corrected chi connectivity index (χ4v) is 9.27. The Balaban J connectivity index is 1.32. The van der Waals surface area contributed by atoms with Crippen LogP contribution in [0.3, 0.4) is 0 Å². The number of carbonyl (C=O) groups is 6. The summed E-state index contributed by atoms with van der Waals surface area (Å²) < 4.78 is 0. The summed E-state index contributed by atoms with van der Waals surface area (Å²) >= 11 is 0. The number of nitrogens with two attached hydrogens (primary N) is 6. The first-order valence-electron chi connectivity index (χ1n) is 26.4. The molecule has 416 valence electrons. The van der Waals surface area contributed by atoms with Gasteiger partial charge >= 0.3 is 0 Å². The monoisotopic (exact) mass is 1080 g/mol. The van der Waals surface area contributed by atoms with Gasteiger partial charge in [0.05, 0.1) is 19.8 Å². The molecule has 0 saturated carbocycles. The van der Waals surface area contributed by atoms with Crippen LogP contribution in [0.5, 0.6) is 0 Å². The third kappa shape index (κ3) is 14.9. The summed E-state index contributed by atoms with van der Waals surface area (Å²) in [7, 11) is 0. The van der Waals surface area contributed by atoms with E-state index in [2.05, 4.69) is 16.0 Å². The standard InChI is InChI=1S/C61H73N9O9/c62-34-4-1-31-59(65,53(74)46-13-7-40(37-71)8-14-46)56(77)68-49-25-19-43(20-26-49)52(44-21-27-50(28-22-44)69-57(78)60(66,32-2-5-35-63)54(75)47-15-9-41(38-72)10-16-47)45-23-29-51(30-24-45)70-58(79)61(67,33-3-6-36-64)55(76)48-17-11-42(39-73)12-18-48/h7-30,52,71-73H,1-6,31-39,62-67H2,(H,68,77)(H,69,78)(H,70,79)/t59-,60-,61-/m0/s1. The molecular weight excluding hydrogens is 1000 g/mol. The van der Waals surface area contributed by atoms with E-state index in [0.717, 1.165) is 16.7 Å². The van der Waals surface area contributed by atoms with Gasteiger partial charge in [-0.2, -0.15) is 0 Å². The van der Waals surface area contributed by atoms with Crippen LogP contribution in [-0.4, -0.2) is 86.6 Å². The van der Waals surface area contributed by atoms with E-state index < -0.39 is 57.6 Å². The van der Waals surface area contributed by atoms with Crippen LogP contribution in [-0.2, 0) is 34.2 Å². The van der Waals surface area contributed by atoms with E-state index in [9.17, 15) is 44.1 Å². The molecule has 18 heteroatoms. The van der Waals surface area contributed by atoms with Gasteiger partial charge < -0.3 is 65.7 Å². The minimum absolute atomic E-state index is 0.0236. The Kier molecular flexibility index (Phi) is 21.7. The molecule has 6 rings (SSSR count). The Morgan fingerprint density at radius 2 is 0.582 bits per heavy atom. The van der Waals surface area contributed by atoms with Gasteiger partial charge in [0, 0.05) is 39.7 Å².